The maximum Gasteiger partial charge on any atom is 0.252 e. The molecule has 0 saturated carbocycles. The number of rotatable bonds is 3. The lowest BCUT2D eigenvalue weighted by molar-refractivity contribution is -0.118. The van der Waals surface area contributed by atoms with Crippen molar-refractivity contribution in [2.45, 2.75) is 6.92 Å². The number of hydrogen-bond donors (Lipinski definition) is 1. The number of carbonyl (C=O) groups is 2. The lowest BCUT2D eigenvalue weighted by Crippen LogP contribution is -2.19. The van der Waals surface area contributed by atoms with Crippen LogP contribution in [0.25, 0.3) is 0 Å². The van der Waals surface area contributed by atoms with Gasteiger partial charge in [-0.25, -0.2) is 0 Å². The number of carbonyl (C=O) groups excluding carboxylic acids is 2. The summed E-state index contributed by atoms with van der Waals surface area (Å²) < 4.78 is 0. The lowest BCUT2D eigenvalue weighted by Gasteiger charge is -1.93. The molecule has 2 N–H and O–H groups in total. The van der Waals surface area contributed by atoms with E-state index in [-0.39, 0.29) is 5.57 Å². The van der Waals surface area contributed by atoms with Crippen LogP contribution in [0.4, 0.5) is 0 Å². The molecule has 0 radical (unpaired) electrons. The standard InChI is InChI=1S/C7H9NO2/c1-3-5(7(8)10)6(9)4-2/h3-4H,2H2,1H3,(H2,8,10). The zero-order valence-corrected chi connectivity index (χ0v) is 5.76. The first kappa shape index (κ1) is 8.62. The van der Waals surface area contributed by atoms with Gasteiger partial charge in [0.25, 0.3) is 5.91 Å². The van der Waals surface area contributed by atoms with Crippen LogP contribution in [0.15, 0.2) is 24.3 Å². The van der Waals surface area contributed by atoms with E-state index in [1.807, 2.05) is 0 Å². The minimum atomic E-state index is -0.715. The van der Waals surface area contributed by atoms with Gasteiger partial charge in [0.1, 0.15) is 0 Å². The minimum absolute atomic E-state index is 0.0185. The molecule has 0 unspecified atom stereocenters. The smallest absolute Gasteiger partial charge is 0.252 e. The Balaban J connectivity index is 4.54. The molecule has 0 aliphatic carbocycles. The summed E-state index contributed by atoms with van der Waals surface area (Å²) in [5, 5.41) is 0. The summed E-state index contributed by atoms with van der Waals surface area (Å²) in [6.45, 7) is 4.78. The summed E-state index contributed by atoms with van der Waals surface area (Å²) in [6, 6.07) is 0. The van der Waals surface area contributed by atoms with Gasteiger partial charge in [-0.15, -0.1) is 0 Å². The third-order valence-corrected chi connectivity index (χ3v) is 1.00. The molecule has 3 heteroatoms. The number of primary amides is 1. The molecule has 0 rings (SSSR count). The molecule has 0 aliphatic rings. The van der Waals surface area contributed by atoms with Crippen LogP contribution in [-0.2, 0) is 9.59 Å². The molecular formula is C7H9NO2. The Morgan fingerprint density at radius 2 is 2.00 bits per heavy atom. The van der Waals surface area contributed by atoms with Gasteiger partial charge < -0.3 is 5.73 Å². The van der Waals surface area contributed by atoms with Gasteiger partial charge in [0.15, 0.2) is 5.78 Å². The van der Waals surface area contributed by atoms with Crippen molar-refractivity contribution < 1.29 is 9.59 Å². The van der Waals surface area contributed by atoms with Crippen LogP contribution < -0.4 is 5.73 Å². The van der Waals surface area contributed by atoms with Gasteiger partial charge in [-0.1, -0.05) is 12.7 Å². The maximum atomic E-state index is 10.7. The molecule has 0 fully saturated rings. The van der Waals surface area contributed by atoms with Gasteiger partial charge in [-0.2, -0.15) is 0 Å². The van der Waals surface area contributed by atoms with Gasteiger partial charge in [0.2, 0.25) is 0 Å². The first-order valence-corrected chi connectivity index (χ1v) is 2.76. The molecule has 10 heavy (non-hydrogen) atoms. The van der Waals surface area contributed by atoms with Crippen LogP contribution in [-0.4, -0.2) is 11.7 Å². The molecule has 0 atom stereocenters. The van der Waals surface area contributed by atoms with E-state index in [2.05, 4.69) is 6.58 Å². The van der Waals surface area contributed by atoms with Crippen LogP contribution in [0.2, 0.25) is 0 Å². The molecule has 0 bridgehead atoms. The van der Waals surface area contributed by atoms with Crippen molar-refractivity contribution in [3.63, 3.8) is 0 Å². The number of allylic oxidation sites excluding steroid dienone is 2. The second kappa shape index (κ2) is 3.61. The van der Waals surface area contributed by atoms with Gasteiger partial charge in [-0.3, -0.25) is 9.59 Å². The Kier molecular flexibility index (Phi) is 3.11. The van der Waals surface area contributed by atoms with Crippen molar-refractivity contribution in [3.8, 4) is 0 Å². The number of ketones is 1. The third kappa shape index (κ3) is 1.85. The number of nitrogens with two attached hydrogens (primary N) is 1. The van der Waals surface area contributed by atoms with Gasteiger partial charge >= 0.3 is 0 Å². The molecule has 0 aromatic rings. The van der Waals surface area contributed by atoms with Gasteiger partial charge in [-0.05, 0) is 13.0 Å². The van der Waals surface area contributed by atoms with Crippen molar-refractivity contribution in [3.05, 3.63) is 24.3 Å². The lowest BCUT2D eigenvalue weighted by atomic mass is 10.1. The predicted molar refractivity (Wildman–Crippen MR) is 38.2 cm³/mol. The van der Waals surface area contributed by atoms with Crippen LogP contribution in [0.1, 0.15) is 6.92 Å². The zero-order chi connectivity index (χ0) is 8.15. The highest BCUT2D eigenvalue weighted by Gasteiger charge is 2.08. The monoisotopic (exact) mass is 139 g/mol. The molecule has 0 spiro atoms. The second-order valence-electron chi connectivity index (χ2n) is 1.63. The largest absolute Gasteiger partial charge is 0.365 e. The van der Waals surface area contributed by atoms with Crippen molar-refractivity contribution in [1.82, 2.24) is 0 Å². The van der Waals surface area contributed by atoms with Crippen molar-refractivity contribution in [2.24, 2.45) is 5.73 Å². The Bertz CT molecular complexity index is 204. The van der Waals surface area contributed by atoms with E-state index in [4.69, 9.17) is 5.73 Å². The van der Waals surface area contributed by atoms with E-state index in [0.717, 1.165) is 6.08 Å². The number of hydrogen-bond acceptors (Lipinski definition) is 2. The van der Waals surface area contributed by atoms with E-state index < -0.39 is 11.7 Å². The quantitative estimate of drug-likeness (QED) is 0.344. The highest BCUT2D eigenvalue weighted by atomic mass is 16.2. The van der Waals surface area contributed by atoms with E-state index in [9.17, 15) is 9.59 Å². The molecular weight excluding hydrogens is 130 g/mol. The molecule has 0 aliphatic heterocycles. The molecule has 1 amide bonds. The molecule has 0 saturated heterocycles. The van der Waals surface area contributed by atoms with Gasteiger partial charge in [0, 0.05) is 0 Å². The summed E-state index contributed by atoms with van der Waals surface area (Å²) in [4.78, 5) is 21.1. The molecule has 0 aromatic carbocycles. The Labute approximate surface area is 59.2 Å². The van der Waals surface area contributed by atoms with Crippen LogP contribution >= 0.6 is 0 Å². The van der Waals surface area contributed by atoms with Crippen LogP contribution in [0.3, 0.4) is 0 Å². The second-order valence-corrected chi connectivity index (χ2v) is 1.63. The average molecular weight is 139 g/mol. The van der Waals surface area contributed by atoms with E-state index in [0.29, 0.717) is 0 Å². The van der Waals surface area contributed by atoms with Gasteiger partial charge in [0.05, 0.1) is 5.57 Å². The fraction of sp³-hybridized carbons (Fsp3) is 0.143. The van der Waals surface area contributed by atoms with Crippen LogP contribution in [0.5, 0.6) is 0 Å². The SMILES string of the molecule is C=CC(=O)C(=CC)C(N)=O. The summed E-state index contributed by atoms with van der Waals surface area (Å²) in [5.41, 5.74) is 4.83. The highest BCUT2D eigenvalue weighted by molar-refractivity contribution is 6.22. The predicted octanol–water partition coefficient (Wildman–Crippen LogP) is 0.173. The molecule has 0 heterocycles. The maximum absolute atomic E-state index is 10.7. The Morgan fingerprint density at radius 1 is 1.50 bits per heavy atom. The first-order valence-electron chi connectivity index (χ1n) is 2.76. The van der Waals surface area contributed by atoms with Crippen LogP contribution in [0, 0.1) is 0 Å². The zero-order valence-electron chi connectivity index (χ0n) is 5.76. The normalized spacial score (nSPS) is 10.7. The Hall–Kier alpha value is -1.38. The fourth-order valence-electron chi connectivity index (χ4n) is 0.516. The number of amides is 1. The van der Waals surface area contributed by atoms with Crippen molar-refractivity contribution in [1.29, 1.82) is 0 Å². The van der Waals surface area contributed by atoms with E-state index >= 15 is 0 Å². The van der Waals surface area contributed by atoms with Crippen molar-refractivity contribution >= 4 is 11.7 Å². The Morgan fingerprint density at radius 3 is 2.10 bits per heavy atom. The van der Waals surface area contributed by atoms with E-state index in [1.54, 1.807) is 6.92 Å². The average Bonchev–Trinajstić information content (AvgIpc) is 1.88. The molecule has 54 valence electrons. The molecule has 3 nitrogen and oxygen atoms in total. The highest BCUT2D eigenvalue weighted by Crippen LogP contribution is 1.94. The summed E-state index contributed by atoms with van der Waals surface area (Å²) in [5.74, 6) is -1.15. The van der Waals surface area contributed by atoms with Crippen molar-refractivity contribution in [2.75, 3.05) is 0 Å². The topological polar surface area (TPSA) is 60.2 Å². The minimum Gasteiger partial charge on any atom is -0.365 e. The molecule has 0 aromatic heterocycles. The van der Waals surface area contributed by atoms with E-state index in [1.165, 1.54) is 6.08 Å². The summed E-state index contributed by atoms with van der Waals surface area (Å²) in [6.07, 6.45) is 2.42. The fourth-order valence-corrected chi connectivity index (χ4v) is 0.516. The first-order chi connectivity index (χ1) is 4.63. The summed E-state index contributed by atoms with van der Waals surface area (Å²) >= 11 is 0. The third-order valence-electron chi connectivity index (χ3n) is 1.00. The summed E-state index contributed by atoms with van der Waals surface area (Å²) in [7, 11) is 0.